The van der Waals surface area contributed by atoms with Gasteiger partial charge in [0.15, 0.2) is 6.10 Å². The van der Waals surface area contributed by atoms with Crippen LogP contribution in [-0.2, 0) is 4.79 Å². The summed E-state index contributed by atoms with van der Waals surface area (Å²) in [4.78, 5) is 14.0. The highest BCUT2D eigenvalue weighted by atomic mass is 16.3. The molecule has 0 bridgehead atoms. The standard InChI is InChI=1S/C15H22N2O2/c1-11-7-8-17(10-13(11)9-16)15(19)14(18)12-5-3-2-4-6-12/h2-6,11,13-14,18H,7-10,16H2,1H3. The molecule has 1 amide bonds. The van der Waals surface area contributed by atoms with E-state index in [4.69, 9.17) is 5.73 Å². The second kappa shape index (κ2) is 6.17. The molecule has 3 N–H and O–H groups in total. The number of piperidine rings is 1. The molecule has 1 fully saturated rings. The second-order valence-electron chi connectivity index (χ2n) is 5.36. The van der Waals surface area contributed by atoms with Gasteiger partial charge < -0.3 is 15.7 Å². The number of carbonyl (C=O) groups is 1. The van der Waals surface area contributed by atoms with Crippen molar-refractivity contribution in [2.75, 3.05) is 19.6 Å². The molecule has 0 aromatic heterocycles. The summed E-state index contributed by atoms with van der Waals surface area (Å²) in [7, 11) is 0. The Bertz CT molecular complexity index is 421. The monoisotopic (exact) mass is 262 g/mol. The molecule has 2 rings (SSSR count). The van der Waals surface area contributed by atoms with Crippen LogP contribution in [0.3, 0.4) is 0 Å². The molecule has 3 atom stereocenters. The van der Waals surface area contributed by atoms with Crippen LogP contribution in [0.25, 0.3) is 0 Å². The van der Waals surface area contributed by atoms with E-state index in [-0.39, 0.29) is 5.91 Å². The van der Waals surface area contributed by atoms with Gasteiger partial charge in [0.05, 0.1) is 0 Å². The summed E-state index contributed by atoms with van der Waals surface area (Å²) < 4.78 is 0. The summed E-state index contributed by atoms with van der Waals surface area (Å²) in [5.41, 5.74) is 6.39. The quantitative estimate of drug-likeness (QED) is 0.859. The minimum absolute atomic E-state index is 0.212. The highest BCUT2D eigenvalue weighted by Crippen LogP contribution is 2.25. The second-order valence-corrected chi connectivity index (χ2v) is 5.36. The number of nitrogens with two attached hydrogens (primary N) is 1. The van der Waals surface area contributed by atoms with E-state index in [0.29, 0.717) is 37.0 Å². The number of hydrogen-bond donors (Lipinski definition) is 2. The molecule has 19 heavy (non-hydrogen) atoms. The highest BCUT2D eigenvalue weighted by molar-refractivity contribution is 5.82. The molecule has 0 saturated carbocycles. The molecule has 1 aliphatic heterocycles. The molecular formula is C15H22N2O2. The normalized spacial score (nSPS) is 25.1. The third-order valence-corrected chi connectivity index (χ3v) is 4.08. The zero-order chi connectivity index (χ0) is 13.8. The molecule has 1 aliphatic rings. The van der Waals surface area contributed by atoms with Gasteiger partial charge in [0.2, 0.25) is 0 Å². The van der Waals surface area contributed by atoms with Crippen LogP contribution in [0.4, 0.5) is 0 Å². The summed E-state index contributed by atoms with van der Waals surface area (Å²) >= 11 is 0. The first kappa shape index (κ1) is 14.0. The lowest BCUT2D eigenvalue weighted by atomic mass is 9.87. The zero-order valence-electron chi connectivity index (χ0n) is 11.3. The van der Waals surface area contributed by atoms with Crippen LogP contribution in [0.2, 0.25) is 0 Å². The predicted molar refractivity (Wildman–Crippen MR) is 74.3 cm³/mol. The van der Waals surface area contributed by atoms with Gasteiger partial charge >= 0.3 is 0 Å². The van der Waals surface area contributed by atoms with E-state index < -0.39 is 6.10 Å². The van der Waals surface area contributed by atoms with Gasteiger partial charge in [0.25, 0.3) is 5.91 Å². The number of carbonyl (C=O) groups excluding carboxylic acids is 1. The first-order chi connectivity index (χ1) is 9.13. The Morgan fingerprint density at radius 1 is 1.47 bits per heavy atom. The lowest BCUT2D eigenvalue weighted by Gasteiger charge is -2.37. The summed E-state index contributed by atoms with van der Waals surface area (Å²) in [5.74, 6) is 0.667. The van der Waals surface area contributed by atoms with Crippen molar-refractivity contribution in [3.63, 3.8) is 0 Å². The van der Waals surface area contributed by atoms with Crippen LogP contribution in [0.15, 0.2) is 30.3 Å². The van der Waals surface area contributed by atoms with Crippen LogP contribution >= 0.6 is 0 Å². The average Bonchev–Trinajstić information content (AvgIpc) is 2.47. The summed E-state index contributed by atoms with van der Waals surface area (Å²) in [6.45, 7) is 4.13. The number of nitrogens with zero attached hydrogens (tertiary/aromatic N) is 1. The minimum atomic E-state index is -1.06. The molecule has 1 aromatic rings. The summed E-state index contributed by atoms with van der Waals surface area (Å²) in [6, 6.07) is 9.07. The van der Waals surface area contributed by atoms with Gasteiger partial charge in [-0.05, 0) is 30.4 Å². The fourth-order valence-electron chi connectivity index (χ4n) is 2.61. The molecule has 3 unspecified atom stereocenters. The first-order valence-electron chi connectivity index (χ1n) is 6.85. The van der Waals surface area contributed by atoms with Crippen molar-refractivity contribution in [1.29, 1.82) is 0 Å². The van der Waals surface area contributed by atoms with E-state index in [1.54, 1.807) is 17.0 Å². The maximum atomic E-state index is 12.3. The van der Waals surface area contributed by atoms with Gasteiger partial charge in [-0.1, -0.05) is 37.3 Å². The van der Waals surface area contributed by atoms with Crippen LogP contribution in [0.5, 0.6) is 0 Å². The van der Waals surface area contributed by atoms with Gasteiger partial charge in [-0.15, -0.1) is 0 Å². The SMILES string of the molecule is CC1CCN(C(=O)C(O)c2ccccc2)CC1CN. The van der Waals surface area contributed by atoms with Crippen LogP contribution in [0.1, 0.15) is 25.0 Å². The third-order valence-electron chi connectivity index (χ3n) is 4.08. The number of hydrogen-bond acceptors (Lipinski definition) is 3. The number of aliphatic hydroxyl groups is 1. The maximum absolute atomic E-state index is 12.3. The van der Waals surface area contributed by atoms with Crippen molar-refractivity contribution < 1.29 is 9.90 Å². The molecule has 0 aliphatic carbocycles. The fraction of sp³-hybridized carbons (Fsp3) is 0.533. The Kier molecular flexibility index (Phi) is 4.56. The van der Waals surface area contributed by atoms with Crippen molar-refractivity contribution in [2.24, 2.45) is 17.6 Å². The van der Waals surface area contributed by atoms with Gasteiger partial charge in [-0.2, -0.15) is 0 Å². The number of likely N-dealkylation sites (tertiary alicyclic amines) is 1. The molecule has 0 radical (unpaired) electrons. The van der Waals surface area contributed by atoms with Crippen LogP contribution in [0, 0.1) is 11.8 Å². The summed E-state index contributed by atoms with van der Waals surface area (Å²) in [5, 5.41) is 10.1. The van der Waals surface area contributed by atoms with Gasteiger partial charge in [0, 0.05) is 13.1 Å². The Morgan fingerprint density at radius 2 is 2.16 bits per heavy atom. The van der Waals surface area contributed by atoms with E-state index in [9.17, 15) is 9.90 Å². The van der Waals surface area contributed by atoms with E-state index in [2.05, 4.69) is 6.92 Å². The Morgan fingerprint density at radius 3 is 2.79 bits per heavy atom. The first-order valence-corrected chi connectivity index (χ1v) is 6.85. The predicted octanol–water partition coefficient (Wildman–Crippen LogP) is 1.16. The van der Waals surface area contributed by atoms with E-state index in [1.807, 2.05) is 18.2 Å². The zero-order valence-corrected chi connectivity index (χ0v) is 11.3. The molecule has 4 nitrogen and oxygen atoms in total. The fourth-order valence-corrected chi connectivity index (χ4v) is 2.61. The third kappa shape index (κ3) is 3.14. The van der Waals surface area contributed by atoms with E-state index in [1.165, 1.54) is 0 Å². The Labute approximate surface area is 114 Å². The number of amides is 1. The lowest BCUT2D eigenvalue weighted by molar-refractivity contribution is -0.143. The smallest absolute Gasteiger partial charge is 0.256 e. The summed E-state index contributed by atoms with van der Waals surface area (Å²) in [6.07, 6.45) is -0.109. The minimum Gasteiger partial charge on any atom is -0.378 e. The number of aliphatic hydroxyl groups excluding tert-OH is 1. The van der Waals surface area contributed by atoms with Gasteiger partial charge in [-0.3, -0.25) is 4.79 Å². The molecular weight excluding hydrogens is 240 g/mol. The molecule has 1 aromatic carbocycles. The Balaban J connectivity index is 2.04. The van der Waals surface area contributed by atoms with Crippen molar-refractivity contribution in [2.45, 2.75) is 19.4 Å². The Hall–Kier alpha value is -1.39. The molecule has 4 heteroatoms. The van der Waals surface area contributed by atoms with Crippen LogP contribution in [-0.4, -0.2) is 35.5 Å². The number of benzene rings is 1. The molecule has 104 valence electrons. The maximum Gasteiger partial charge on any atom is 0.256 e. The number of rotatable bonds is 3. The molecule has 1 saturated heterocycles. The van der Waals surface area contributed by atoms with Gasteiger partial charge in [-0.25, -0.2) is 0 Å². The lowest BCUT2D eigenvalue weighted by Crippen LogP contribution is -2.47. The van der Waals surface area contributed by atoms with Crippen molar-refractivity contribution in [3.8, 4) is 0 Å². The van der Waals surface area contributed by atoms with Crippen molar-refractivity contribution in [3.05, 3.63) is 35.9 Å². The topological polar surface area (TPSA) is 66.6 Å². The van der Waals surface area contributed by atoms with Crippen molar-refractivity contribution >= 4 is 5.91 Å². The molecule has 1 heterocycles. The average molecular weight is 262 g/mol. The van der Waals surface area contributed by atoms with Gasteiger partial charge in [0.1, 0.15) is 0 Å². The van der Waals surface area contributed by atoms with E-state index >= 15 is 0 Å². The van der Waals surface area contributed by atoms with Crippen LogP contribution < -0.4 is 5.73 Å². The van der Waals surface area contributed by atoms with Crippen molar-refractivity contribution in [1.82, 2.24) is 4.90 Å². The highest BCUT2D eigenvalue weighted by Gasteiger charge is 2.31. The van der Waals surface area contributed by atoms with E-state index in [0.717, 1.165) is 6.42 Å². The largest absolute Gasteiger partial charge is 0.378 e. The molecule has 0 spiro atoms.